The maximum absolute atomic E-state index is 5.94. The third-order valence-corrected chi connectivity index (χ3v) is 4.65. The summed E-state index contributed by atoms with van der Waals surface area (Å²) in [7, 11) is 0. The van der Waals surface area contributed by atoms with Gasteiger partial charge in [-0.2, -0.15) is 0 Å². The van der Waals surface area contributed by atoms with Crippen LogP contribution < -0.4 is 9.64 Å². The third-order valence-electron chi connectivity index (χ3n) is 4.65. The Labute approximate surface area is 159 Å². The molecule has 4 aromatic rings. The zero-order valence-corrected chi connectivity index (χ0v) is 15.5. The molecule has 27 heavy (non-hydrogen) atoms. The Morgan fingerprint density at radius 1 is 0.926 bits per heavy atom. The van der Waals surface area contributed by atoms with Gasteiger partial charge in [0.25, 0.3) is 0 Å². The number of rotatable bonds is 7. The standard InChI is InChI=1S/C23H23N3O/c1-2-25(20-8-4-3-5-9-20)16-17-27-21-13-11-19(12-14-21)22-18-26-15-7-6-10-23(26)24-22/h3-15,18H,2,16-17H2,1H3. The molecule has 0 radical (unpaired) electrons. The second kappa shape index (κ2) is 7.96. The number of nitrogens with zero attached hydrogens (tertiary/aromatic N) is 3. The van der Waals surface area contributed by atoms with Crippen molar-refractivity contribution >= 4 is 11.3 Å². The van der Waals surface area contributed by atoms with Crippen molar-refractivity contribution in [1.29, 1.82) is 0 Å². The first-order chi connectivity index (χ1) is 13.3. The van der Waals surface area contributed by atoms with Gasteiger partial charge in [-0.1, -0.05) is 24.3 Å². The Morgan fingerprint density at radius 2 is 1.70 bits per heavy atom. The predicted molar refractivity (Wildman–Crippen MR) is 110 cm³/mol. The zero-order valence-electron chi connectivity index (χ0n) is 15.5. The average Bonchev–Trinajstić information content (AvgIpc) is 3.17. The lowest BCUT2D eigenvalue weighted by molar-refractivity contribution is 0.324. The second-order valence-electron chi connectivity index (χ2n) is 6.38. The minimum atomic E-state index is 0.649. The van der Waals surface area contributed by atoms with Crippen LogP contribution in [0.3, 0.4) is 0 Å². The van der Waals surface area contributed by atoms with Gasteiger partial charge in [0.2, 0.25) is 0 Å². The molecular weight excluding hydrogens is 334 g/mol. The highest BCUT2D eigenvalue weighted by atomic mass is 16.5. The molecule has 0 fully saturated rings. The molecule has 2 aromatic carbocycles. The monoisotopic (exact) mass is 357 g/mol. The first-order valence-electron chi connectivity index (χ1n) is 9.30. The first kappa shape index (κ1) is 17.2. The smallest absolute Gasteiger partial charge is 0.137 e. The van der Waals surface area contributed by atoms with Crippen molar-refractivity contribution in [2.45, 2.75) is 6.92 Å². The molecule has 0 amide bonds. The third kappa shape index (κ3) is 3.95. The number of likely N-dealkylation sites (N-methyl/N-ethyl adjacent to an activating group) is 1. The van der Waals surface area contributed by atoms with E-state index >= 15 is 0 Å². The molecule has 0 unspecified atom stereocenters. The number of hydrogen-bond donors (Lipinski definition) is 0. The fourth-order valence-corrected chi connectivity index (χ4v) is 3.18. The van der Waals surface area contributed by atoms with Gasteiger partial charge in [0.05, 0.1) is 12.2 Å². The van der Waals surface area contributed by atoms with Crippen molar-refractivity contribution in [3.8, 4) is 17.0 Å². The molecule has 4 nitrogen and oxygen atoms in total. The van der Waals surface area contributed by atoms with Crippen LogP contribution in [-0.2, 0) is 0 Å². The number of para-hydroxylation sites is 1. The van der Waals surface area contributed by atoms with Gasteiger partial charge >= 0.3 is 0 Å². The number of ether oxygens (including phenoxy) is 1. The van der Waals surface area contributed by atoms with E-state index in [0.29, 0.717) is 6.61 Å². The molecule has 0 saturated heterocycles. The van der Waals surface area contributed by atoms with Crippen LogP contribution in [0.5, 0.6) is 5.75 Å². The molecular formula is C23H23N3O. The lowest BCUT2D eigenvalue weighted by Crippen LogP contribution is -2.27. The summed E-state index contributed by atoms with van der Waals surface area (Å²) in [6, 6.07) is 24.6. The van der Waals surface area contributed by atoms with Gasteiger partial charge in [0, 0.05) is 30.2 Å². The van der Waals surface area contributed by atoms with Gasteiger partial charge < -0.3 is 14.0 Å². The number of pyridine rings is 1. The maximum atomic E-state index is 5.94. The minimum absolute atomic E-state index is 0.649. The van der Waals surface area contributed by atoms with E-state index in [4.69, 9.17) is 4.74 Å². The van der Waals surface area contributed by atoms with Crippen molar-refractivity contribution in [2.75, 3.05) is 24.6 Å². The summed E-state index contributed by atoms with van der Waals surface area (Å²) in [5, 5.41) is 0. The summed E-state index contributed by atoms with van der Waals surface area (Å²) >= 11 is 0. The molecule has 0 aliphatic carbocycles. The van der Waals surface area contributed by atoms with Gasteiger partial charge in [-0.05, 0) is 55.5 Å². The molecule has 0 bridgehead atoms. The molecule has 0 spiro atoms. The Morgan fingerprint density at radius 3 is 2.44 bits per heavy atom. The quantitative estimate of drug-likeness (QED) is 0.471. The fraction of sp³-hybridized carbons (Fsp3) is 0.174. The predicted octanol–water partition coefficient (Wildman–Crippen LogP) is 4.91. The Bertz CT molecular complexity index is 960. The van der Waals surface area contributed by atoms with Gasteiger partial charge in [-0.3, -0.25) is 0 Å². The van der Waals surface area contributed by atoms with Crippen LogP contribution in [0.2, 0.25) is 0 Å². The topological polar surface area (TPSA) is 29.8 Å². The molecule has 0 N–H and O–H groups in total. The van der Waals surface area contributed by atoms with Crippen LogP contribution >= 0.6 is 0 Å². The Hall–Kier alpha value is -3.27. The number of benzene rings is 2. The Balaban J connectivity index is 1.38. The summed E-state index contributed by atoms with van der Waals surface area (Å²) in [4.78, 5) is 6.97. The van der Waals surface area contributed by atoms with Crippen molar-refractivity contribution in [1.82, 2.24) is 9.38 Å². The van der Waals surface area contributed by atoms with E-state index < -0.39 is 0 Å². The zero-order chi connectivity index (χ0) is 18.5. The lowest BCUT2D eigenvalue weighted by atomic mass is 10.2. The van der Waals surface area contributed by atoms with Crippen LogP contribution in [0.25, 0.3) is 16.9 Å². The molecule has 0 aliphatic heterocycles. The van der Waals surface area contributed by atoms with Crippen LogP contribution in [0, 0.1) is 0 Å². The Kier molecular flexibility index (Phi) is 5.06. The van der Waals surface area contributed by atoms with Gasteiger partial charge in [-0.25, -0.2) is 4.98 Å². The average molecular weight is 357 g/mol. The highest BCUT2D eigenvalue weighted by Gasteiger charge is 2.06. The molecule has 2 aromatic heterocycles. The van der Waals surface area contributed by atoms with Crippen molar-refractivity contribution in [3.05, 3.63) is 85.2 Å². The van der Waals surface area contributed by atoms with Gasteiger partial charge in [0.15, 0.2) is 0 Å². The first-order valence-corrected chi connectivity index (χ1v) is 9.30. The number of hydrogen-bond acceptors (Lipinski definition) is 3. The summed E-state index contributed by atoms with van der Waals surface area (Å²) in [6.07, 6.45) is 4.06. The maximum Gasteiger partial charge on any atom is 0.137 e. The minimum Gasteiger partial charge on any atom is -0.492 e. The van der Waals surface area contributed by atoms with Gasteiger partial charge in [-0.15, -0.1) is 0 Å². The molecule has 0 atom stereocenters. The van der Waals surface area contributed by atoms with Crippen LogP contribution in [0.1, 0.15) is 6.92 Å². The molecule has 4 heteroatoms. The normalized spacial score (nSPS) is 10.9. The van der Waals surface area contributed by atoms with E-state index in [1.807, 2.05) is 53.2 Å². The summed E-state index contributed by atoms with van der Waals surface area (Å²) < 4.78 is 7.97. The van der Waals surface area contributed by atoms with Crippen molar-refractivity contribution in [3.63, 3.8) is 0 Å². The van der Waals surface area contributed by atoms with E-state index in [1.54, 1.807) is 0 Å². The number of imidazole rings is 1. The highest BCUT2D eigenvalue weighted by molar-refractivity contribution is 5.63. The summed E-state index contributed by atoms with van der Waals surface area (Å²) in [6.45, 7) is 4.63. The highest BCUT2D eigenvalue weighted by Crippen LogP contribution is 2.22. The number of aromatic nitrogens is 2. The SMILES string of the molecule is CCN(CCOc1ccc(-c2cn3ccccc3n2)cc1)c1ccccc1. The van der Waals surface area contributed by atoms with Crippen LogP contribution in [0.15, 0.2) is 85.2 Å². The van der Waals surface area contributed by atoms with Crippen molar-refractivity contribution < 1.29 is 4.74 Å². The van der Waals surface area contributed by atoms with E-state index in [-0.39, 0.29) is 0 Å². The number of fused-ring (bicyclic) bond motifs is 1. The van der Waals surface area contributed by atoms with E-state index in [0.717, 1.165) is 35.7 Å². The molecule has 0 aliphatic rings. The summed E-state index contributed by atoms with van der Waals surface area (Å²) in [5.41, 5.74) is 4.23. The fourth-order valence-electron chi connectivity index (χ4n) is 3.18. The van der Waals surface area contributed by atoms with E-state index in [9.17, 15) is 0 Å². The molecule has 136 valence electrons. The van der Waals surface area contributed by atoms with E-state index in [1.165, 1.54) is 5.69 Å². The lowest BCUT2D eigenvalue weighted by Gasteiger charge is -2.23. The van der Waals surface area contributed by atoms with Crippen LogP contribution in [-0.4, -0.2) is 29.1 Å². The number of anilines is 1. The summed E-state index contributed by atoms with van der Waals surface area (Å²) in [5.74, 6) is 0.881. The second-order valence-corrected chi connectivity index (χ2v) is 6.38. The largest absolute Gasteiger partial charge is 0.492 e. The molecule has 4 rings (SSSR count). The molecule has 0 saturated carbocycles. The van der Waals surface area contributed by atoms with Crippen LogP contribution in [0.4, 0.5) is 5.69 Å². The van der Waals surface area contributed by atoms with Crippen molar-refractivity contribution in [2.24, 2.45) is 0 Å². The van der Waals surface area contributed by atoms with Gasteiger partial charge in [0.1, 0.15) is 18.0 Å². The molecule has 2 heterocycles. The van der Waals surface area contributed by atoms with E-state index in [2.05, 4.69) is 53.2 Å².